The Morgan fingerprint density at radius 1 is 1.11 bits per heavy atom. The predicted octanol–water partition coefficient (Wildman–Crippen LogP) is 3.81. The van der Waals surface area contributed by atoms with Crippen molar-refractivity contribution < 1.29 is 0 Å². The molecule has 1 unspecified atom stereocenters. The van der Waals surface area contributed by atoms with E-state index in [-0.39, 0.29) is 0 Å². The molecule has 1 fully saturated rings. The topological polar surface area (TPSA) is 15.3 Å². The van der Waals surface area contributed by atoms with Gasteiger partial charge in [0.1, 0.15) is 0 Å². The summed E-state index contributed by atoms with van der Waals surface area (Å²) in [5, 5.41) is 3.63. The van der Waals surface area contributed by atoms with Gasteiger partial charge in [0.25, 0.3) is 0 Å². The monoisotopic (exact) mass is 254 g/mol. The van der Waals surface area contributed by atoms with Crippen LogP contribution in [-0.2, 0) is 0 Å². The molecule has 0 amide bonds. The number of nitrogens with zero attached hydrogens (tertiary/aromatic N) is 1. The Kier molecular flexibility index (Phi) is 8.70. The van der Waals surface area contributed by atoms with Gasteiger partial charge in [0, 0.05) is 18.6 Å². The molecule has 1 rings (SSSR count). The molecule has 0 heterocycles. The van der Waals surface area contributed by atoms with Crippen molar-refractivity contribution in [2.24, 2.45) is 0 Å². The number of hydrogen-bond acceptors (Lipinski definition) is 2. The molecule has 2 heteroatoms. The molecule has 1 N–H and O–H groups in total. The van der Waals surface area contributed by atoms with Crippen molar-refractivity contribution in [1.29, 1.82) is 0 Å². The van der Waals surface area contributed by atoms with Crippen LogP contribution in [0.1, 0.15) is 72.1 Å². The van der Waals surface area contributed by atoms with Crippen LogP contribution in [0, 0.1) is 0 Å². The Labute approximate surface area is 115 Å². The van der Waals surface area contributed by atoms with Crippen molar-refractivity contribution >= 4 is 0 Å². The molecule has 1 saturated carbocycles. The van der Waals surface area contributed by atoms with E-state index in [1.54, 1.807) is 0 Å². The van der Waals surface area contributed by atoms with E-state index in [0.717, 1.165) is 12.6 Å². The predicted molar refractivity (Wildman–Crippen MR) is 81.1 cm³/mol. The third-order valence-corrected chi connectivity index (χ3v) is 4.37. The van der Waals surface area contributed by atoms with E-state index in [4.69, 9.17) is 0 Å². The number of rotatable bonds is 9. The molecule has 0 aromatic carbocycles. The van der Waals surface area contributed by atoms with E-state index in [9.17, 15) is 0 Å². The molecule has 0 bridgehead atoms. The average molecular weight is 254 g/mol. The van der Waals surface area contributed by atoms with Crippen molar-refractivity contribution in [3.63, 3.8) is 0 Å². The highest BCUT2D eigenvalue weighted by atomic mass is 15.2. The summed E-state index contributed by atoms with van der Waals surface area (Å²) in [5.41, 5.74) is 0. The second-order valence-corrected chi connectivity index (χ2v) is 5.88. The van der Waals surface area contributed by atoms with Crippen LogP contribution in [0.5, 0.6) is 0 Å². The number of likely N-dealkylation sites (N-methyl/N-ethyl adjacent to an activating group) is 1. The Morgan fingerprint density at radius 3 is 2.44 bits per heavy atom. The second kappa shape index (κ2) is 9.80. The smallest absolute Gasteiger partial charge is 0.0195 e. The van der Waals surface area contributed by atoms with Crippen molar-refractivity contribution in [2.45, 2.75) is 84.2 Å². The third-order valence-electron chi connectivity index (χ3n) is 4.37. The van der Waals surface area contributed by atoms with Gasteiger partial charge in [-0.2, -0.15) is 0 Å². The zero-order valence-electron chi connectivity index (χ0n) is 12.9. The summed E-state index contributed by atoms with van der Waals surface area (Å²) in [5.74, 6) is 0. The minimum atomic E-state index is 0.694. The summed E-state index contributed by atoms with van der Waals surface area (Å²) in [4.78, 5) is 2.73. The van der Waals surface area contributed by atoms with Gasteiger partial charge in [-0.15, -0.1) is 0 Å². The zero-order chi connectivity index (χ0) is 13.2. The molecule has 2 nitrogen and oxygen atoms in total. The molecule has 0 aromatic heterocycles. The molecule has 1 atom stereocenters. The fraction of sp³-hybridized carbons (Fsp3) is 1.00. The highest BCUT2D eigenvalue weighted by Gasteiger charge is 2.23. The lowest BCUT2D eigenvalue weighted by molar-refractivity contribution is 0.118. The highest BCUT2D eigenvalue weighted by molar-refractivity contribution is 4.80. The van der Waals surface area contributed by atoms with Gasteiger partial charge in [0.15, 0.2) is 0 Å². The van der Waals surface area contributed by atoms with Crippen molar-refractivity contribution in [3.8, 4) is 0 Å². The SMILES string of the molecule is CCCCCNCC(C)N(CC)C1CCCCC1. The first-order valence-corrected chi connectivity index (χ1v) is 8.26. The van der Waals surface area contributed by atoms with Crippen LogP contribution in [0.4, 0.5) is 0 Å². The summed E-state index contributed by atoms with van der Waals surface area (Å²) in [6.45, 7) is 10.6. The summed E-state index contributed by atoms with van der Waals surface area (Å²) < 4.78 is 0. The van der Waals surface area contributed by atoms with E-state index in [0.29, 0.717) is 6.04 Å². The Balaban J connectivity index is 2.21. The molecular weight excluding hydrogens is 220 g/mol. The van der Waals surface area contributed by atoms with Gasteiger partial charge >= 0.3 is 0 Å². The summed E-state index contributed by atoms with van der Waals surface area (Å²) in [6, 6.07) is 1.55. The lowest BCUT2D eigenvalue weighted by Gasteiger charge is -2.38. The summed E-state index contributed by atoms with van der Waals surface area (Å²) >= 11 is 0. The fourth-order valence-electron chi connectivity index (χ4n) is 3.27. The second-order valence-electron chi connectivity index (χ2n) is 5.88. The molecule has 0 spiro atoms. The molecule has 0 aliphatic heterocycles. The van der Waals surface area contributed by atoms with Crippen molar-refractivity contribution in [1.82, 2.24) is 10.2 Å². The van der Waals surface area contributed by atoms with Crippen LogP contribution in [0.25, 0.3) is 0 Å². The largest absolute Gasteiger partial charge is 0.315 e. The van der Waals surface area contributed by atoms with Crippen molar-refractivity contribution in [3.05, 3.63) is 0 Å². The van der Waals surface area contributed by atoms with E-state index >= 15 is 0 Å². The lowest BCUT2D eigenvalue weighted by Crippen LogP contribution is -2.47. The number of hydrogen-bond donors (Lipinski definition) is 1. The van der Waals surface area contributed by atoms with Gasteiger partial charge in [-0.1, -0.05) is 46.0 Å². The molecule has 1 aliphatic carbocycles. The molecule has 0 saturated heterocycles. The normalized spacial score (nSPS) is 19.3. The van der Waals surface area contributed by atoms with Crippen LogP contribution in [0.2, 0.25) is 0 Å². The van der Waals surface area contributed by atoms with E-state index in [1.807, 2.05) is 0 Å². The first-order valence-electron chi connectivity index (χ1n) is 8.26. The maximum atomic E-state index is 3.63. The Bertz CT molecular complexity index is 188. The maximum Gasteiger partial charge on any atom is 0.0195 e. The first-order chi connectivity index (χ1) is 8.79. The van der Waals surface area contributed by atoms with Crippen molar-refractivity contribution in [2.75, 3.05) is 19.6 Å². The summed E-state index contributed by atoms with van der Waals surface area (Å²) in [7, 11) is 0. The summed E-state index contributed by atoms with van der Waals surface area (Å²) in [6.07, 6.45) is 11.2. The fourth-order valence-corrected chi connectivity index (χ4v) is 3.27. The Morgan fingerprint density at radius 2 is 1.83 bits per heavy atom. The molecular formula is C16H34N2. The van der Waals surface area contributed by atoms with Gasteiger partial charge in [-0.05, 0) is 39.3 Å². The average Bonchev–Trinajstić information content (AvgIpc) is 2.40. The van der Waals surface area contributed by atoms with E-state index < -0.39 is 0 Å². The Hall–Kier alpha value is -0.0800. The van der Waals surface area contributed by atoms with E-state index in [2.05, 4.69) is 31.0 Å². The lowest BCUT2D eigenvalue weighted by atomic mass is 9.93. The number of nitrogens with one attached hydrogen (secondary N) is 1. The highest BCUT2D eigenvalue weighted by Crippen LogP contribution is 2.23. The van der Waals surface area contributed by atoms with Crippen LogP contribution in [0.15, 0.2) is 0 Å². The van der Waals surface area contributed by atoms with Gasteiger partial charge < -0.3 is 5.32 Å². The standard InChI is InChI=1S/C16H34N2/c1-4-6-10-13-17-14-15(3)18(5-2)16-11-8-7-9-12-16/h15-17H,4-14H2,1-3H3. The maximum absolute atomic E-state index is 3.63. The zero-order valence-corrected chi connectivity index (χ0v) is 12.9. The van der Waals surface area contributed by atoms with Crippen LogP contribution < -0.4 is 5.32 Å². The minimum absolute atomic E-state index is 0.694. The molecule has 18 heavy (non-hydrogen) atoms. The quantitative estimate of drug-likeness (QED) is 0.629. The van der Waals surface area contributed by atoms with Gasteiger partial charge in [0.2, 0.25) is 0 Å². The molecule has 108 valence electrons. The van der Waals surface area contributed by atoms with Gasteiger partial charge in [0.05, 0.1) is 0 Å². The third kappa shape index (κ3) is 5.71. The molecule has 0 aromatic rings. The first kappa shape index (κ1) is 16.0. The molecule has 1 aliphatic rings. The minimum Gasteiger partial charge on any atom is -0.315 e. The van der Waals surface area contributed by atoms with Crippen LogP contribution >= 0.6 is 0 Å². The van der Waals surface area contributed by atoms with E-state index in [1.165, 1.54) is 64.5 Å². The molecule has 0 radical (unpaired) electrons. The van der Waals surface area contributed by atoms with Crippen LogP contribution in [-0.4, -0.2) is 36.6 Å². The van der Waals surface area contributed by atoms with Gasteiger partial charge in [-0.25, -0.2) is 0 Å². The van der Waals surface area contributed by atoms with Crippen LogP contribution in [0.3, 0.4) is 0 Å². The van der Waals surface area contributed by atoms with Gasteiger partial charge in [-0.3, -0.25) is 4.90 Å². The number of unbranched alkanes of at least 4 members (excludes halogenated alkanes) is 2.